The lowest BCUT2D eigenvalue weighted by atomic mass is 9.81. The smallest absolute Gasteiger partial charge is 0.407 e. The highest BCUT2D eigenvalue weighted by Crippen LogP contribution is 2.26. The van der Waals surface area contributed by atoms with Gasteiger partial charge in [0.1, 0.15) is 0 Å². The fourth-order valence-corrected chi connectivity index (χ4v) is 1.01. The molecule has 0 aromatic carbocycles. The van der Waals surface area contributed by atoms with E-state index in [1.165, 1.54) is 0 Å². The van der Waals surface area contributed by atoms with Gasteiger partial charge in [0, 0.05) is 12.5 Å². The van der Waals surface area contributed by atoms with E-state index in [2.05, 4.69) is 27.4 Å². The average molecular weight is 154 g/mol. The summed E-state index contributed by atoms with van der Waals surface area (Å²) < 4.78 is 10.9. The van der Waals surface area contributed by atoms with Crippen molar-refractivity contribution in [1.82, 2.24) is 0 Å². The van der Waals surface area contributed by atoms with Gasteiger partial charge in [0.05, 0.1) is 5.60 Å². The van der Waals surface area contributed by atoms with Crippen LogP contribution in [0, 0.1) is 5.92 Å². The summed E-state index contributed by atoms with van der Waals surface area (Å²) in [5.41, 5.74) is -0.0862. The molecule has 1 aliphatic rings. The van der Waals surface area contributed by atoms with E-state index in [-0.39, 0.29) is 12.7 Å². The number of rotatable bonds is 1. The van der Waals surface area contributed by atoms with Crippen molar-refractivity contribution in [3.05, 3.63) is 12.6 Å². The third-order valence-corrected chi connectivity index (χ3v) is 2.31. The number of hydrogen-bond donors (Lipinski definition) is 0. The van der Waals surface area contributed by atoms with E-state index >= 15 is 0 Å². The largest absolute Gasteiger partial charge is 0.485 e. The SMILES string of the molecule is C=CB1OCC(C)C(C)(C)O1. The van der Waals surface area contributed by atoms with Gasteiger partial charge in [0.2, 0.25) is 0 Å². The normalized spacial score (nSPS) is 30.1. The molecule has 0 aromatic rings. The van der Waals surface area contributed by atoms with Crippen LogP contribution in [0.1, 0.15) is 20.8 Å². The second-order valence-corrected chi connectivity index (χ2v) is 3.56. The Morgan fingerprint density at radius 2 is 2.27 bits per heavy atom. The van der Waals surface area contributed by atoms with Gasteiger partial charge in [0.15, 0.2) is 0 Å². The summed E-state index contributed by atoms with van der Waals surface area (Å²) in [6.07, 6.45) is 0. The molecule has 2 nitrogen and oxygen atoms in total. The third kappa shape index (κ3) is 1.85. The molecule has 1 atom stereocenters. The van der Waals surface area contributed by atoms with Crippen LogP contribution in [0.15, 0.2) is 12.6 Å². The molecule has 3 heteroatoms. The van der Waals surface area contributed by atoms with Crippen molar-refractivity contribution in [1.29, 1.82) is 0 Å². The molecule has 1 heterocycles. The molecule has 0 amide bonds. The second kappa shape index (κ2) is 2.99. The van der Waals surface area contributed by atoms with Gasteiger partial charge < -0.3 is 9.31 Å². The quantitative estimate of drug-likeness (QED) is 0.534. The van der Waals surface area contributed by atoms with Crippen molar-refractivity contribution in [2.24, 2.45) is 5.92 Å². The van der Waals surface area contributed by atoms with Crippen LogP contribution in [-0.4, -0.2) is 19.3 Å². The zero-order chi connectivity index (χ0) is 8.48. The predicted molar refractivity (Wildman–Crippen MR) is 46.2 cm³/mol. The zero-order valence-electron chi connectivity index (χ0n) is 7.46. The van der Waals surface area contributed by atoms with Crippen LogP contribution in [0.5, 0.6) is 0 Å². The van der Waals surface area contributed by atoms with Crippen LogP contribution in [0.4, 0.5) is 0 Å². The van der Waals surface area contributed by atoms with Crippen LogP contribution in [0.25, 0.3) is 0 Å². The molecular weight excluding hydrogens is 139 g/mol. The molecule has 0 radical (unpaired) electrons. The second-order valence-electron chi connectivity index (χ2n) is 3.56. The summed E-state index contributed by atoms with van der Waals surface area (Å²) in [5.74, 6) is 2.13. The molecular formula is C8H15BO2. The molecule has 1 unspecified atom stereocenters. The predicted octanol–water partition coefficient (Wildman–Crippen LogP) is 1.66. The zero-order valence-corrected chi connectivity index (χ0v) is 7.46. The van der Waals surface area contributed by atoms with Crippen molar-refractivity contribution in [3.8, 4) is 0 Å². The third-order valence-electron chi connectivity index (χ3n) is 2.31. The molecule has 0 N–H and O–H groups in total. The highest BCUT2D eigenvalue weighted by atomic mass is 16.6. The molecule has 0 aromatic heterocycles. The first kappa shape index (κ1) is 8.82. The van der Waals surface area contributed by atoms with Crippen LogP contribution < -0.4 is 0 Å². The summed E-state index contributed by atoms with van der Waals surface area (Å²) in [6, 6.07) is 0. The molecule has 1 saturated heterocycles. The minimum atomic E-state index is -0.221. The summed E-state index contributed by atoms with van der Waals surface area (Å²) in [5, 5.41) is 0. The van der Waals surface area contributed by atoms with Crippen molar-refractivity contribution in [2.45, 2.75) is 26.4 Å². The lowest BCUT2D eigenvalue weighted by Gasteiger charge is -2.39. The van der Waals surface area contributed by atoms with Gasteiger partial charge in [-0.05, 0) is 13.8 Å². The lowest BCUT2D eigenvalue weighted by molar-refractivity contribution is -0.0372. The molecule has 0 spiro atoms. The first-order chi connectivity index (χ1) is 5.06. The van der Waals surface area contributed by atoms with Crippen LogP contribution in [0.2, 0.25) is 0 Å². The van der Waals surface area contributed by atoms with E-state index in [4.69, 9.17) is 9.31 Å². The summed E-state index contributed by atoms with van der Waals surface area (Å²) in [6.45, 7) is 10.7. The first-order valence-corrected chi connectivity index (χ1v) is 3.98. The molecule has 0 bridgehead atoms. The van der Waals surface area contributed by atoms with E-state index < -0.39 is 0 Å². The van der Waals surface area contributed by atoms with E-state index in [1.807, 2.05) is 0 Å². The fourth-order valence-electron chi connectivity index (χ4n) is 1.01. The Morgan fingerprint density at radius 1 is 1.64 bits per heavy atom. The van der Waals surface area contributed by atoms with Crippen molar-refractivity contribution < 1.29 is 9.31 Å². The topological polar surface area (TPSA) is 18.5 Å². The van der Waals surface area contributed by atoms with Gasteiger partial charge in [-0.1, -0.05) is 12.9 Å². The van der Waals surface area contributed by atoms with Gasteiger partial charge in [-0.2, -0.15) is 0 Å². The van der Waals surface area contributed by atoms with Crippen molar-refractivity contribution in [2.75, 3.05) is 6.61 Å². The highest BCUT2D eigenvalue weighted by Gasteiger charge is 2.36. The van der Waals surface area contributed by atoms with Crippen molar-refractivity contribution in [3.63, 3.8) is 0 Å². The molecule has 1 rings (SSSR count). The minimum absolute atomic E-state index is 0.0862. The molecule has 0 aliphatic carbocycles. The fraction of sp³-hybridized carbons (Fsp3) is 0.750. The first-order valence-electron chi connectivity index (χ1n) is 3.98. The minimum Gasteiger partial charge on any atom is -0.407 e. The van der Waals surface area contributed by atoms with Gasteiger partial charge >= 0.3 is 7.12 Å². The van der Waals surface area contributed by atoms with Gasteiger partial charge in [-0.15, -0.1) is 6.58 Å². The summed E-state index contributed by atoms with van der Waals surface area (Å²) in [4.78, 5) is 0. The highest BCUT2D eigenvalue weighted by molar-refractivity contribution is 6.50. The van der Waals surface area contributed by atoms with Gasteiger partial charge in [-0.25, -0.2) is 0 Å². The Morgan fingerprint density at radius 3 is 2.73 bits per heavy atom. The number of hydrogen-bond acceptors (Lipinski definition) is 2. The maximum absolute atomic E-state index is 5.59. The van der Waals surface area contributed by atoms with E-state index in [1.54, 1.807) is 5.98 Å². The summed E-state index contributed by atoms with van der Waals surface area (Å²) in [7, 11) is -0.221. The maximum atomic E-state index is 5.59. The standard InChI is InChI=1S/C8H15BO2/c1-5-9-10-6-7(2)8(3,4)11-9/h5,7H,1,6H2,2-4H3. The Kier molecular flexibility index (Phi) is 2.40. The molecule has 0 saturated carbocycles. The Labute approximate surface area is 68.7 Å². The Hall–Kier alpha value is -0.275. The van der Waals surface area contributed by atoms with Crippen LogP contribution in [-0.2, 0) is 9.31 Å². The maximum Gasteiger partial charge on any atom is 0.485 e. The van der Waals surface area contributed by atoms with Gasteiger partial charge in [-0.3, -0.25) is 0 Å². The molecule has 62 valence electrons. The Bertz CT molecular complexity index is 156. The average Bonchev–Trinajstić information content (AvgIpc) is 1.95. The van der Waals surface area contributed by atoms with E-state index in [9.17, 15) is 0 Å². The van der Waals surface area contributed by atoms with Crippen LogP contribution in [0.3, 0.4) is 0 Å². The van der Waals surface area contributed by atoms with E-state index in [0.717, 1.165) is 6.61 Å². The van der Waals surface area contributed by atoms with Crippen molar-refractivity contribution >= 4 is 7.12 Å². The molecule has 1 fully saturated rings. The monoisotopic (exact) mass is 154 g/mol. The lowest BCUT2D eigenvalue weighted by Crippen LogP contribution is -2.47. The molecule has 1 aliphatic heterocycles. The Balaban J connectivity index is 2.58. The van der Waals surface area contributed by atoms with Gasteiger partial charge in [0.25, 0.3) is 0 Å². The molecule has 11 heavy (non-hydrogen) atoms. The van der Waals surface area contributed by atoms with Crippen LogP contribution >= 0.6 is 0 Å². The summed E-state index contributed by atoms with van der Waals surface area (Å²) >= 11 is 0. The van der Waals surface area contributed by atoms with E-state index in [0.29, 0.717) is 5.92 Å².